The van der Waals surface area contributed by atoms with Crippen molar-refractivity contribution in [2.75, 3.05) is 13.2 Å². The number of hydrogen-bond donors (Lipinski definition) is 0. The lowest BCUT2D eigenvalue weighted by atomic mass is 9.51. The van der Waals surface area contributed by atoms with Crippen molar-refractivity contribution in [1.82, 2.24) is 0 Å². The van der Waals surface area contributed by atoms with Gasteiger partial charge < -0.3 is 18.9 Å². The summed E-state index contributed by atoms with van der Waals surface area (Å²) in [5.74, 6) is -0.768. The molecular formula is C19H18O6. The third-order valence-electron chi connectivity index (χ3n) is 6.83. The molecule has 6 heteroatoms. The molecule has 0 unspecified atom stereocenters. The first-order valence-electron chi connectivity index (χ1n) is 8.92. The van der Waals surface area contributed by atoms with E-state index in [-0.39, 0.29) is 36.2 Å². The molecule has 6 atom stereocenters. The Morgan fingerprint density at radius 2 is 1.96 bits per heavy atom. The van der Waals surface area contributed by atoms with Crippen LogP contribution in [0.3, 0.4) is 0 Å². The highest BCUT2D eigenvalue weighted by atomic mass is 16.6. The van der Waals surface area contributed by atoms with Crippen LogP contribution in [0.5, 0.6) is 0 Å². The second-order valence-corrected chi connectivity index (χ2v) is 7.58. The Morgan fingerprint density at radius 1 is 1.12 bits per heavy atom. The van der Waals surface area contributed by atoms with Gasteiger partial charge in [-0.25, -0.2) is 4.79 Å². The van der Waals surface area contributed by atoms with Gasteiger partial charge in [0.15, 0.2) is 0 Å². The normalized spacial score (nSPS) is 46.5. The number of rotatable bonds is 1. The highest BCUT2D eigenvalue weighted by molar-refractivity contribution is 5.97. The summed E-state index contributed by atoms with van der Waals surface area (Å²) in [4.78, 5) is 25.7. The van der Waals surface area contributed by atoms with E-state index in [1.54, 1.807) is 6.08 Å². The molecule has 25 heavy (non-hydrogen) atoms. The summed E-state index contributed by atoms with van der Waals surface area (Å²) in [7, 11) is 0. The lowest BCUT2D eigenvalue weighted by Crippen LogP contribution is -2.74. The molecule has 130 valence electrons. The largest absolute Gasteiger partial charge is 0.465 e. The van der Waals surface area contributed by atoms with Gasteiger partial charge in [0.25, 0.3) is 0 Å². The van der Waals surface area contributed by atoms with E-state index in [4.69, 9.17) is 18.9 Å². The van der Waals surface area contributed by atoms with Crippen LogP contribution in [0, 0.1) is 11.3 Å². The molecular weight excluding hydrogens is 324 g/mol. The summed E-state index contributed by atoms with van der Waals surface area (Å²) in [5, 5.41) is 0. The fourth-order valence-corrected chi connectivity index (χ4v) is 6.03. The molecule has 1 aliphatic carbocycles. The van der Waals surface area contributed by atoms with Gasteiger partial charge in [0.1, 0.15) is 11.5 Å². The molecule has 0 aromatic carbocycles. The van der Waals surface area contributed by atoms with Crippen molar-refractivity contribution < 1.29 is 28.5 Å². The van der Waals surface area contributed by atoms with E-state index in [0.717, 1.165) is 23.1 Å². The van der Waals surface area contributed by atoms with Crippen molar-refractivity contribution in [2.45, 2.75) is 43.7 Å². The number of carbonyl (C=O) groups excluding carboxylic acids is 2. The minimum atomic E-state index is -1.06. The van der Waals surface area contributed by atoms with E-state index in [0.29, 0.717) is 31.6 Å². The summed E-state index contributed by atoms with van der Waals surface area (Å²) < 4.78 is 23.5. The Balaban J connectivity index is 1.69. The monoisotopic (exact) mass is 342 g/mol. The maximum atomic E-state index is 13.1. The third kappa shape index (κ3) is 1.39. The minimum absolute atomic E-state index is 0.0322. The van der Waals surface area contributed by atoms with Crippen molar-refractivity contribution in [2.24, 2.45) is 11.3 Å². The number of esters is 2. The lowest BCUT2D eigenvalue weighted by molar-refractivity contribution is -0.276. The highest BCUT2D eigenvalue weighted by Gasteiger charge is 2.74. The van der Waals surface area contributed by atoms with Crippen LogP contribution in [0.4, 0.5) is 0 Å². The summed E-state index contributed by atoms with van der Waals surface area (Å²) in [6.45, 7) is 4.69. The molecule has 7 aliphatic rings. The molecule has 3 saturated heterocycles. The van der Waals surface area contributed by atoms with E-state index in [1.165, 1.54) is 0 Å². The van der Waals surface area contributed by atoms with Gasteiger partial charge in [-0.3, -0.25) is 4.79 Å². The van der Waals surface area contributed by atoms with Gasteiger partial charge in [0.2, 0.25) is 0 Å². The van der Waals surface area contributed by atoms with Crippen molar-refractivity contribution >= 4 is 11.9 Å². The summed E-state index contributed by atoms with van der Waals surface area (Å²) >= 11 is 0. The third-order valence-corrected chi connectivity index (χ3v) is 6.83. The van der Waals surface area contributed by atoms with E-state index >= 15 is 0 Å². The number of hydrogen-bond acceptors (Lipinski definition) is 6. The summed E-state index contributed by atoms with van der Waals surface area (Å²) in [5.41, 5.74) is 2.53. The predicted octanol–water partition coefficient (Wildman–Crippen LogP) is 1.21. The fourth-order valence-electron chi connectivity index (χ4n) is 6.03. The zero-order valence-electron chi connectivity index (χ0n) is 13.7. The van der Waals surface area contributed by atoms with Crippen LogP contribution >= 0.6 is 0 Å². The average Bonchev–Trinajstić information content (AvgIpc) is 2.61. The fraction of sp³-hybridized carbons (Fsp3) is 0.579. The lowest BCUT2D eigenvalue weighted by Gasteiger charge is -2.65. The zero-order chi connectivity index (χ0) is 16.9. The number of carbonyl (C=O) groups is 2. The number of ether oxygens (including phenoxy) is 4. The Bertz CT molecular complexity index is 807. The van der Waals surface area contributed by atoms with Crippen LogP contribution in [0.2, 0.25) is 0 Å². The Hall–Kier alpha value is -1.92. The maximum absolute atomic E-state index is 13.1. The maximum Gasteiger partial charge on any atom is 0.336 e. The Morgan fingerprint density at radius 3 is 2.80 bits per heavy atom. The zero-order valence-corrected chi connectivity index (χ0v) is 13.7. The Labute approximate surface area is 144 Å². The standard InChI is InChI=1S/C19H18O6/c1-2-8-10-4-6-23-18(21)19(10)15-13-9-3-5-22-17(20)14(9)16(19)25-12(13)7-11(8)24-15/h2,11-13,15-16H,1,3-7H2/t11-,12-,13-,15+,16-,19-/m0/s1. The van der Waals surface area contributed by atoms with Crippen molar-refractivity contribution in [3.8, 4) is 0 Å². The second kappa shape index (κ2) is 4.43. The van der Waals surface area contributed by atoms with Gasteiger partial charge in [-0.15, -0.1) is 0 Å². The van der Waals surface area contributed by atoms with E-state index in [9.17, 15) is 9.59 Å². The minimum Gasteiger partial charge on any atom is -0.465 e. The van der Waals surface area contributed by atoms with Crippen molar-refractivity contribution in [1.29, 1.82) is 0 Å². The van der Waals surface area contributed by atoms with Gasteiger partial charge in [0.05, 0.1) is 37.1 Å². The second-order valence-electron chi connectivity index (χ2n) is 7.58. The molecule has 1 spiro atoms. The smallest absolute Gasteiger partial charge is 0.336 e. The van der Waals surface area contributed by atoms with Gasteiger partial charge in [0, 0.05) is 25.2 Å². The van der Waals surface area contributed by atoms with Crippen LogP contribution in [0.15, 0.2) is 34.9 Å². The van der Waals surface area contributed by atoms with Crippen LogP contribution in [0.25, 0.3) is 0 Å². The first-order valence-corrected chi connectivity index (χ1v) is 8.92. The number of cyclic esters (lactones) is 2. The predicted molar refractivity (Wildman–Crippen MR) is 83.3 cm³/mol. The summed E-state index contributed by atoms with van der Waals surface area (Å²) in [6, 6.07) is 0. The van der Waals surface area contributed by atoms with Crippen LogP contribution < -0.4 is 0 Å². The van der Waals surface area contributed by atoms with Crippen LogP contribution in [-0.2, 0) is 28.5 Å². The SMILES string of the molecule is C=CC1=C2CCOC(=O)[C@]23[C@@H]2O[C@H]1C[C@@H]1O[C@H]3C3=C(CCOC3=O)[C@@H]12. The molecule has 0 N–H and O–H groups in total. The van der Waals surface area contributed by atoms with Crippen molar-refractivity contribution in [3.63, 3.8) is 0 Å². The van der Waals surface area contributed by atoms with E-state index < -0.39 is 11.5 Å². The summed E-state index contributed by atoms with van der Waals surface area (Å²) in [6.07, 6.45) is 2.77. The molecule has 0 saturated carbocycles. The average molecular weight is 342 g/mol. The molecule has 0 aromatic heterocycles. The molecule has 0 amide bonds. The first-order chi connectivity index (χ1) is 12.2. The van der Waals surface area contributed by atoms with Crippen LogP contribution in [-0.4, -0.2) is 49.6 Å². The number of fused-ring (bicyclic) bond motifs is 1. The van der Waals surface area contributed by atoms with E-state index in [1.807, 2.05) is 0 Å². The Kier molecular flexibility index (Phi) is 2.53. The van der Waals surface area contributed by atoms with Crippen LogP contribution in [0.1, 0.15) is 19.3 Å². The van der Waals surface area contributed by atoms with Crippen molar-refractivity contribution in [3.05, 3.63) is 34.9 Å². The molecule has 0 radical (unpaired) electrons. The molecule has 0 aromatic rings. The van der Waals surface area contributed by atoms with Gasteiger partial charge >= 0.3 is 11.9 Å². The molecule has 6 nitrogen and oxygen atoms in total. The van der Waals surface area contributed by atoms with Gasteiger partial charge in [-0.05, 0) is 16.7 Å². The molecule has 3 fully saturated rings. The molecule has 5 bridgehead atoms. The van der Waals surface area contributed by atoms with E-state index in [2.05, 4.69) is 6.58 Å². The molecule has 6 heterocycles. The molecule has 7 rings (SSSR count). The highest BCUT2D eigenvalue weighted by Crippen LogP contribution is 2.65. The van der Waals surface area contributed by atoms with Gasteiger partial charge in [-0.1, -0.05) is 12.7 Å². The quantitative estimate of drug-likeness (QED) is 0.667. The van der Waals surface area contributed by atoms with Gasteiger partial charge in [-0.2, -0.15) is 0 Å². The molecule has 6 aliphatic heterocycles. The topological polar surface area (TPSA) is 71.1 Å². The first kappa shape index (κ1) is 14.3.